The van der Waals surface area contributed by atoms with Gasteiger partial charge in [-0.05, 0) is 44.0 Å². The van der Waals surface area contributed by atoms with Crippen molar-refractivity contribution in [1.82, 2.24) is 20.1 Å². The fourth-order valence-corrected chi connectivity index (χ4v) is 6.28. The van der Waals surface area contributed by atoms with Gasteiger partial charge >= 0.3 is 0 Å². The van der Waals surface area contributed by atoms with Crippen LogP contribution in [0.3, 0.4) is 0 Å². The number of amides is 1. The van der Waals surface area contributed by atoms with Gasteiger partial charge in [-0.2, -0.15) is 0 Å². The van der Waals surface area contributed by atoms with Crippen molar-refractivity contribution in [2.24, 2.45) is 0 Å². The SMILES string of the molecule is C[C@@H]1CN(CC(=O)N2CC(C)(C)c3ncc(Cc4ccc(F)cc4F)cc32)[C@@H](CN2[C@H](C)COC[C@H]2C)CN1. The number of halogens is 2. The number of carbonyl (C=O) groups is 1. The Hall–Kier alpha value is -2.46. The maximum absolute atomic E-state index is 14.3. The maximum atomic E-state index is 14.3. The van der Waals surface area contributed by atoms with Gasteiger partial charge < -0.3 is 15.0 Å². The van der Waals surface area contributed by atoms with Gasteiger partial charge in [0.25, 0.3) is 0 Å². The number of hydrogen-bond donors (Lipinski definition) is 1. The fraction of sp³-hybridized carbons (Fsp3) is 0.600. The summed E-state index contributed by atoms with van der Waals surface area (Å²) in [5, 5.41) is 3.60. The van der Waals surface area contributed by atoms with Crippen molar-refractivity contribution in [2.45, 2.75) is 70.6 Å². The minimum Gasteiger partial charge on any atom is -0.378 e. The minimum atomic E-state index is -0.597. The number of carbonyl (C=O) groups excluding carboxylic acids is 1. The van der Waals surface area contributed by atoms with E-state index in [0.717, 1.165) is 55.9 Å². The van der Waals surface area contributed by atoms with E-state index in [0.29, 0.717) is 36.8 Å². The monoisotopic (exact) mass is 541 g/mol. The van der Waals surface area contributed by atoms with Gasteiger partial charge in [0.2, 0.25) is 5.91 Å². The summed E-state index contributed by atoms with van der Waals surface area (Å²) >= 11 is 0. The van der Waals surface area contributed by atoms with Gasteiger partial charge in [0, 0.05) is 74.4 Å². The molecule has 1 aromatic heterocycles. The molecule has 0 saturated carbocycles. The molecule has 1 aromatic carbocycles. The topological polar surface area (TPSA) is 60.9 Å². The molecule has 0 bridgehead atoms. The maximum Gasteiger partial charge on any atom is 0.241 e. The van der Waals surface area contributed by atoms with Crippen molar-refractivity contribution in [3.05, 3.63) is 58.9 Å². The average molecular weight is 542 g/mol. The van der Waals surface area contributed by atoms with Crippen LogP contribution in [0.1, 0.15) is 51.4 Å². The largest absolute Gasteiger partial charge is 0.378 e. The molecular formula is C30H41F2N5O2. The number of benzene rings is 1. The number of nitrogens with one attached hydrogen (secondary N) is 1. The van der Waals surface area contributed by atoms with Gasteiger partial charge in [0.15, 0.2) is 0 Å². The van der Waals surface area contributed by atoms with E-state index in [-0.39, 0.29) is 23.8 Å². The highest BCUT2D eigenvalue weighted by Crippen LogP contribution is 2.40. The van der Waals surface area contributed by atoms with Crippen LogP contribution in [-0.2, 0) is 21.4 Å². The molecule has 3 aliphatic rings. The van der Waals surface area contributed by atoms with Crippen molar-refractivity contribution < 1.29 is 18.3 Å². The Balaban J connectivity index is 1.34. The summed E-state index contributed by atoms with van der Waals surface area (Å²) in [7, 11) is 0. The summed E-state index contributed by atoms with van der Waals surface area (Å²) < 4.78 is 33.5. The van der Waals surface area contributed by atoms with Crippen LogP contribution in [0.5, 0.6) is 0 Å². The van der Waals surface area contributed by atoms with Crippen LogP contribution >= 0.6 is 0 Å². The van der Waals surface area contributed by atoms with Gasteiger partial charge in [0.05, 0.1) is 31.1 Å². The number of nitrogens with zero attached hydrogens (tertiary/aromatic N) is 4. The lowest BCUT2D eigenvalue weighted by molar-refractivity contribution is -0.121. The molecule has 0 radical (unpaired) electrons. The predicted molar refractivity (Wildman–Crippen MR) is 148 cm³/mol. The van der Waals surface area contributed by atoms with E-state index >= 15 is 0 Å². The number of hydrogen-bond acceptors (Lipinski definition) is 6. The van der Waals surface area contributed by atoms with E-state index in [1.54, 1.807) is 6.20 Å². The number of anilines is 1. The Kier molecular flexibility index (Phi) is 8.06. The zero-order chi connectivity index (χ0) is 27.9. The van der Waals surface area contributed by atoms with Gasteiger partial charge in [-0.15, -0.1) is 0 Å². The molecule has 7 nitrogen and oxygen atoms in total. The van der Waals surface area contributed by atoms with Crippen LogP contribution in [0.25, 0.3) is 0 Å². The number of piperazine rings is 1. The summed E-state index contributed by atoms with van der Waals surface area (Å²) in [6.45, 7) is 15.6. The first-order valence-electron chi connectivity index (χ1n) is 14.1. The van der Waals surface area contributed by atoms with E-state index in [1.165, 1.54) is 12.1 Å². The first-order valence-corrected chi connectivity index (χ1v) is 14.1. The van der Waals surface area contributed by atoms with Crippen LogP contribution in [0.4, 0.5) is 14.5 Å². The highest BCUT2D eigenvalue weighted by molar-refractivity contribution is 5.97. The third kappa shape index (κ3) is 6.01. The Morgan fingerprint density at radius 2 is 1.90 bits per heavy atom. The lowest BCUT2D eigenvalue weighted by atomic mass is 9.91. The number of ether oxygens (including phenoxy) is 1. The molecule has 0 aliphatic carbocycles. The predicted octanol–water partition coefficient (Wildman–Crippen LogP) is 3.35. The number of fused-ring (bicyclic) bond motifs is 1. The fourth-order valence-electron chi connectivity index (χ4n) is 6.28. The van der Waals surface area contributed by atoms with E-state index in [2.05, 4.69) is 49.7 Å². The van der Waals surface area contributed by atoms with Crippen LogP contribution < -0.4 is 10.2 Å². The molecule has 0 spiro atoms. The molecule has 1 N–H and O–H groups in total. The molecule has 0 unspecified atom stereocenters. The van der Waals surface area contributed by atoms with E-state index in [9.17, 15) is 13.6 Å². The Bertz CT molecular complexity index is 1200. The average Bonchev–Trinajstić information content (AvgIpc) is 3.14. The Morgan fingerprint density at radius 3 is 2.62 bits per heavy atom. The lowest BCUT2D eigenvalue weighted by Crippen LogP contribution is -2.63. The smallest absolute Gasteiger partial charge is 0.241 e. The third-order valence-electron chi connectivity index (χ3n) is 8.46. The molecule has 9 heteroatoms. The van der Waals surface area contributed by atoms with Gasteiger partial charge in [0.1, 0.15) is 11.6 Å². The summed E-state index contributed by atoms with van der Waals surface area (Å²) in [6, 6.07) is 6.78. The summed E-state index contributed by atoms with van der Waals surface area (Å²) in [4.78, 5) is 25.3. The van der Waals surface area contributed by atoms with Crippen molar-refractivity contribution in [1.29, 1.82) is 0 Å². The molecule has 39 heavy (non-hydrogen) atoms. The van der Waals surface area contributed by atoms with Crippen LogP contribution in [0.15, 0.2) is 30.5 Å². The molecule has 4 heterocycles. The van der Waals surface area contributed by atoms with Crippen molar-refractivity contribution in [3.63, 3.8) is 0 Å². The number of pyridine rings is 1. The summed E-state index contributed by atoms with van der Waals surface area (Å²) in [5.74, 6) is -1.12. The second-order valence-electron chi connectivity index (χ2n) is 12.3. The first kappa shape index (κ1) is 28.1. The van der Waals surface area contributed by atoms with Gasteiger partial charge in [-0.25, -0.2) is 8.78 Å². The quantitative estimate of drug-likeness (QED) is 0.606. The number of aromatic nitrogens is 1. The molecule has 5 rings (SSSR count). The zero-order valence-corrected chi connectivity index (χ0v) is 23.7. The highest BCUT2D eigenvalue weighted by Gasteiger charge is 2.41. The molecule has 3 aliphatic heterocycles. The van der Waals surface area contributed by atoms with Crippen LogP contribution in [-0.4, -0.2) is 90.8 Å². The molecule has 1 amide bonds. The van der Waals surface area contributed by atoms with Crippen LogP contribution in [0, 0.1) is 11.6 Å². The van der Waals surface area contributed by atoms with Gasteiger partial charge in [-0.3, -0.25) is 19.6 Å². The molecule has 2 fully saturated rings. The zero-order valence-electron chi connectivity index (χ0n) is 23.7. The molecule has 2 aromatic rings. The number of morpholine rings is 1. The van der Waals surface area contributed by atoms with Gasteiger partial charge in [-0.1, -0.05) is 19.9 Å². The van der Waals surface area contributed by atoms with E-state index < -0.39 is 11.6 Å². The number of rotatable bonds is 6. The lowest BCUT2D eigenvalue weighted by Gasteiger charge is -2.46. The highest BCUT2D eigenvalue weighted by atomic mass is 19.1. The summed E-state index contributed by atoms with van der Waals surface area (Å²) in [5.41, 5.74) is 2.57. The molecular weight excluding hydrogens is 500 g/mol. The normalized spacial score (nSPS) is 27.5. The van der Waals surface area contributed by atoms with Crippen molar-refractivity contribution >= 4 is 11.6 Å². The first-order chi connectivity index (χ1) is 18.5. The second-order valence-corrected chi connectivity index (χ2v) is 12.3. The molecule has 2 saturated heterocycles. The third-order valence-corrected chi connectivity index (χ3v) is 8.46. The Labute approximate surface area is 230 Å². The van der Waals surface area contributed by atoms with E-state index in [1.807, 2.05) is 11.0 Å². The summed E-state index contributed by atoms with van der Waals surface area (Å²) in [6.07, 6.45) is 2.03. The standard InChI is InChI=1S/C30H41F2N5O2/c1-19-13-35(25(12-33-19)14-36-20(2)16-39-17-21(36)3)15-28(38)37-18-30(4,5)29-27(37)9-22(11-34-29)8-23-6-7-24(31)10-26(23)32/h6-7,9-11,19-21,25,33H,8,12-18H2,1-5H3/t19-,20-,21-,25-/m1/s1. The van der Waals surface area contributed by atoms with Crippen molar-refractivity contribution in [3.8, 4) is 0 Å². The second kappa shape index (κ2) is 11.2. The van der Waals surface area contributed by atoms with Crippen molar-refractivity contribution in [2.75, 3.05) is 50.8 Å². The molecule has 212 valence electrons. The van der Waals surface area contributed by atoms with Crippen LogP contribution in [0.2, 0.25) is 0 Å². The van der Waals surface area contributed by atoms with E-state index in [4.69, 9.17) is 9.72 Å². The Morgan fingerprint density at radius 1 is 1.15 bits per heavy atom. The molecule has 4 atom stereocenters. The minimum absolute atomic E-state index is 0.0518.